The quantitative estimate of drug-likeness (QED) is 0.212. The molecule has 0 aliphatic carbocycles. The lowest BCUT2D eigenvalue weighted by molar-refractivity contribution is -0.114. The molecule has 4 aromatic carbocycles. The molecule has 4 aromatic rings. The standard InChI is InChI=1S/C28H24Cl2N2O3S2/c1-20-17-21(19-36-22-9-4-2-5-10-22)15-16-25(20)31-27(33)18-32(26-14-8-13-24(29)28(26)30)37(34,35)23-11-6-3-7-12-23/h2-17H,18-19H2,1H3,(H,31,33). The molecule has 0 aliphatic rings. The van der Waals surface area contributed by atoms with Gasteiger partial charge >= 0.3 is 0 Å². The van der Waals surface area contributed by atoms with Crippen LogP contribution in [-0.2, 0) is 20.6 Å². The highest BCUT2D eigenvalue weighted by atomic mass is 35.5. The van der Waals surface area contributed by atoms with Gasteiger partial charge in [0.25, 0.3) is 10.0 Å². The number of aryl methyl sites for hydroxylation is 1. The van der Waals surface area contributed by atoms with Gasteiger partial charge in [0, 0.05) is 16.3 Å². The third-order valence-electron chi connectivity index (χ3n) is 5.53. The van der Waals surface area contributed by atoms with Gasteiger partial charge in [0.2, 0.25) is 5.91 Å². The average molecular weight is 572 g/mol. The number of sulfonamides is 1. The second kappa shape index (κ2) is 12.0. The van der Waals surface area contributed by atoms with Crippen LogP contribution in [0.3, 0.4) is 0 Å². The summed E-state index contributed by atoms with van der Waals surface area (Å²) in [6, 6.07) is 28.5. The third-order valence-corrected chi connectivity index (χ3v) is 9.20. The van der Waals surface area contributed by atoms with E-state index in [2.05, 4.69) is 17.4 Å². The van der Waals surface area contributed by atoms with Gasteiger partial charge in [-0.1, -0.05) is 77.8 Å². The first-order valence-electron chi connectivity index (χ1n) is 11.3. The number of rotatable bonds is 9. The average Bonchev–Trinajstić information content (AvgIpc) is 2.90. The lowest BCUT2D eigenvalue weighted by Crippen LogP contribution is -2.38. The van der Waals surface area contributed by atoms with Crippen LogP contribution in [-0.4, -0.2) is 20.9 Å². The Balaban J connectivity index is 1.54. The molecule has 37 heavy (non-hydrogen) atoms. The van der Waals surface area contributed by atoms with E-state index in [4.69, 9.17) is 23.2 Å². The Hall–Kier alpha value is -2.97. The Labute approximate surface area is 231 Å². The molecule has 0 unspecified atom stereocenters. The summed E-state index contributed by atoms with van der Waals surface area (Å²) in [6.45, 7) is 1.42. The Morgan fingerprint density at radius 3 is 2.24 bits per heavy atom. The van der Waals surface area contributed by atoms with Crippen molar-refractivity contribution in [1.29, 1.82) is 0 Å². The second-order valence-corrected chi connectivity index (χ2v) is 11.9. The van der Waals surface area contributed by atoms with Crippen molar-refractivity contribution in [2.24, 2.45) is 0 Å². The fraction of sp³-hybridized carbons (Fsp3) is 0.107. The zero-order chi connectivity index (χ0) is 26.4. The summed E-state index contributed by atoms with van der Waals surface area (Å²) in [5.41, 5.74) is 2.71. The van der Waals surface area contributed by atoms with Crippen molar-refractivity contribution in [3.8, 4) is 0 Å². The first-order chi connectivity index (χ1) is 17.8. The van der Waals surface area contributed by atoms with Gasteiger partial charge in [-0.15, -0.1) is 11.8 Å². The van der Waals surface area contributed by atoms with Crippen molar-refractivity contribution < 1.29 is 13.2 Å². The summed E-state index contributed by atoms with van der Waals surface area (Å²) in [5, 5.41) is 3.08. The smallest absolute Gasteiger partial charge is 0.264 e. The van der Waals surface area contributed by atoms with Crippen LogP contribution in [0.4, 0.5) is 11.4 Å². The molecule has 0 bridgehead atoms. The van der Waals surface area contributed by atoms with E-state index in [-0.39, 0.29) is 20.6 Å². The number of nitrogens with one attached hydrogen (secondary N) is 1. The van der Waals surface area contributed by atoms with Gasteiger partial charge in [-0.3, -0.25) is 9.10 Å². The lowest BCUT2D eigenvalue weighted by atomic mass is 10.1. The maximum Gasteiger partial charge on any atom is 0.264 e. The third kappa shape index (κ3) is 6.67. The van der Waals surface area contributed by atoms with Gasteiger partial charge < -0.3 is 5.32 Å². The number of carbonyl (C=O) groups is 1. The molecule has 1 amide bonds. The minimum absolute atomic E-state index is 0.0373. The molecule has 190 valence electrons. The van der Waals surface area contributed by atoms with Gasteiger partial charge in [-0.05, 0) is 60.5 Å². The molecule has 0 saturated carbocycles. The molecule has 0 aliphatic heterocycles. The number of carbonyl (C=O) groups excluding carboxylic acids is 1. The first kappa shape index (κ1) is 27.1. The van der Waals surface area contributed by atoms with E-state index in [0.29, 0.717) is 5.69 Å². The van der Waals surface area contributed by atoms with Crippen LogP contribution in [0.2, 0.25) is 10.0 Å². The minimum atomic E-state index is -4.10. The number of hydrogen-bond donors (Lipinski definition) is 1. The summed E-state index contributed by atoms with van der Waals surface area (Å²) in [5.74, 6) is 0.278. The number of thioether (sulfide) groups is 1. The van der Waals surface area contributed by atoms with E-state index in [0.717, 1.165) is 21.2 Å². The summed E-state index contributed by atoms with van der Waals surface area (Å²) in [6.07, 6.45) is 0. The zero-order valence-electron chi connectivity index (χ0n) is 19.9. The summed E-state index contributed by atoms with van der Waals surface area (Å²) in [4.78, 5) is 14.3. The molecule has 0 heterocycles. The van der Waals surface area contributed by atoms with Crippen LogP contribution in [0.1, 0.15) is 11.1 Å². The van der Waals surface area contributed by atoms with Crippen LogP contribution in [0, 0.1) is 6.92 Å². The van der Waals surface area contributed by atoms with Crippen molar-refractivity contribution in [2.45, 2.75) is 22.5 Å². The second-order valence-electron chi connectivity index (χ2n) is 8.20. The number of anilines is 2. The number of benzene rings is 4. The molecule has 0 atom stereocenters. The largest absolute Gasteiger partial charge is 0.324 e. The van der Waals surface area contributed by atoms with Gasteiger partial charge in [0.15, 0.2) is 0 Å². The number of hydrogen-bond acceptors (Lipinski definition) is 4. The Morgan fingerprint density at radius 1 is 0.892 bits per heavy atom. The highest BCUT2D eigenvalue weighted by Crippen LogP contribution is 2.35. The van der Waals surface area contributed by atoms with Crippen molar-refractivity contribution in [1.82, 2.24) is 0 Å². The van der Waals surface area contributed by atoms with Crippen LogP contribution in [0.5, 0.6) is 0 Å². The predicted octanol–water partition coefficient (Wildman–Crippen LogP) is 7.43. The molecule has 0 saturated heterocycles. The summed E-state index contributed by atoms with van der Waals surface area (Å²) in [7, 11) is -4.10. The van der Waals surface area contributed by atoms with Crippen molar-refractivity contribution in [2.75, 3.05) is 16.2 Å². The van der Waals surface area contributed by atoms with Gasteiger partial charge in [-0.25, -0.2) is 8.42 Å². The number of halogens is 2. The maximum atomic E-state index is 13.5. The monoisotopic (exact) mass is 570 g/mol. The Bertz CT molecular complexity index is 1500. The van der Waals surface area contributed by atoms with E-state index in [1.165, 1.54) is 23.1 Å². The molecular weight excluding hydrogens is 547 g/mol. The summed E-state index contributed by atoms with van der Waals surface area (Å²) < 4.78 is 28.0. The normalized spacial score (nSPS) is 11.2. The maximum absolute atomic E-state index is 13.5. The van der Waals surface area contributed by atoms with E-state index >= 15 is 0 Å². The van der Waals surface area contributed by atoms with Crippen molar-refractivity contribution in [3.63, 3.8) is 0 Å². The van der Waals surface area contributed by atoms with E-state index < -0.39 is 22.5 Å². The zero-order valence-corrected chi connectivity index (χ0v) is 23.0. The highest BCUT2D eigenvalue weighted by molar-refractivity contribution is 7.98. The Morgan fingerprint density at radius 2 is 1.57 bits per heavy atom. The minimum Gasteiger partial charge on any atom is -0.324 e. The lowest BCUT2D eigenvalue weighted by Gasteiger charge is -2.25. The fourth-order valence-electron chi connectivity index (χ4n) is 3.66. The molecule has 0 aromatic heterocycles. The number of amides is 1. The number of nitrogens with zero attached hydrogens (tertiary/aromatic N) is 1. The van der Waals surface area contributed by atoms with Crippen molar-refractivity contribution >= 4 is 62.3 Å². The van der Waals surface area contributed by atoms with Gasteiger partial charge in [-0.2, -0.15) is 0 Å². The van der Waals surface area contributed by atoms with Gasteiger partial charge in [0.1, 0.15) is 6.54 Å². The van der Waals surface area contributed by atoms with Gasteiger partial charge in [0.05, 0.1) is 20.6 Å². The molecule has 0 radical (unpaired) electrons. The molecule has 5 nitrogen and oxygen atoms in total. The highest BCUT2D eigenvalue weighted by Gasteiger charge is 2.29. The van der Waals surface area contributed by atoms with E-state index in [9.17, 15) is 13.2 Å². The Kier molecular flexibility index (Phi) is 8.82. The molecule has 0 fully saturated rings. The summed E-state index contributed by atoms with van der Waals surface area (Å²) >= 11 is 14.3. The first-order valence-corrected chi connectivity index (χ1v) is 14.5. The molecule has 4 rings (SSSR count). The van der Waals surface area contributed by atoms with Crippen molar-refractivity contribution in [3.05, 3.63) is 118 Å². The molecule has 9 heteroatoms. The van der Waals surface area contributed by atoms with Crippen LogP contribution >= 0.6 is 35.0 Å². The van der Waals surface area contributed by atoms with Crippen LogP contribution < -0.4 is 9.62 Å². The topological polar surface area (TPSA) is 66.5 Å². The van der Waals surface area contributed by atoms with E-state index in [1.54, 1.807) is 42.1 Å². The fourth-order valence-corrected chi connectivity index (χ4v) is 6.43. The molecule has 0 spiro atoms. The van der Waals surface area contributed by atoms with Crippen LogP contribution in [0.15, 0.2) is 107 Å². The molecular formula is C28H24Cl2N2O3S2. The molecule has 1 N–H and O–H groups in total. The SMILES string of the molecule is Cc1cc(CSc2ccccc2)ccc1NC(=O)CN(c1cccc(Cl)c1Cl)S(=O)(=O)c1ccccc1. The van der Waals surface area contributed by atoms with Crippen LogP contribution in [0.25, 0.3) is 0 Å². The predicted molar refractivity (Wildman–Crippen MR) is 153 cm³/mol. The van der Waals surface area contributed by atoms with E-state index in [1.807, 2.05) is 43.3 Å².